The van der Waals surface area contributed by atoms with E-state index in [-0.39, 0.29) is 18.3 Å². The van der Waals surface area contributed by atoms with E-state index in [0.717, 1.165) is 0 Å². The minimum atomic E-state index is -0.833. The van der Waals surface area contributed by atoms with Crippen LogP contribution in [-0.4, -0.2) is 17.6 Å². The summed E-state index contributed by atoms with van der Waals surface area (Å²) in [5.74, 6) is 0.0843. The first-order valence-corrected chi connectivity index (χ1v) is 6.48. The summed E-state index contributed by atoms with van der Waals surface area (Å²) in [6.07, 6.45) is -0.833. The molecule has 0 aliphatic heterocycles. The summed E-state index contributed by atoms with van der Waals surface area (Å²) in [7, 11) is 0. The monoisotopic (exact) mass is 289 g/mol. The number of halogens is 1. The Morgan fingerprint density at radius 2 is 1.81 bits per heavy atom. The molecule has 0 radical (unpaired) electrons. The van der Waals surface area contributed by atoms with Gasteiger partial charge >= 0.3 is 0 Å². The van der Waals surface area contributed by atoms with Gasteiger partial charge in [-0.25, -0.2) is 4.39 Å². The van der Waals surface area contributed by atoms with Crippen LogP contribution >= 0.6 is 0 Å². The minimum absolute atomic E-state index is 0.0606. The highest BCUT2D eigenvalue weighted by atomic mass is 19.1. The molecule has 110 valence electrons. The number of aliphatic hydroxyl groups excluding tert-OH is 1. The molecule has 2 aromatic rings. The smallest absolute Gasteiger partial charge is 0.221 e. The fourth-order valence-electron chi connectivity index (χ4n) is 1.79. The van der Waals surface area contributed by atoms with E-state index in [0.29, 0.717) is 17.0 Å². The zero-order valence-electron chi connectivity index (χ0n) is 11.5. The number of hydrogen-bond donors (Lipinski definition) is 2. The number of rotatable bonds is 5. The summed E-state index contributed by atoms with van der Waals surface area (Å²) in [6, 6.07) is 12.4. The number of amides is 1. The van der Waals surface area contributed by atoms with Crippen molar-refractivity contribution in [2.45, 2.75) is 13.0 Å². The predicted octanol–water partition coefficient (Wildman–Crippen LogP) is 2.90. The summed E-state index contributed by atoms with van der Waals surface area (Å²) in [5, 5.41) is 12.6. The van der Waals surface area contributed by atoms with Gasteiger partial charge in [0.25, 0.3) is 0 Å². The third-order valence-corrected chi connectivity index (χ3v) is 2.84. The first-order valence-electron chi connectivity index (χ1n) is 6.48. The second-order valence-corrected chi connectivity index (χ2v) is 4.58. The largest absolute Gasteiger partial charge is 0.491 e. The molecule has 21 heavy (non-hydrogen) atoms. The molecule has 1 unspecified atom stereocenters. The molecule has 2 aromatic carbocycles. The Hall–Kier alpha value is -2.40. The highest BCUT2D eigenvalue weighted by molar-refractivity contribution is 5.88. The number of carbonyl (C=O) groups is 1. The highest BCUT2D eigenvalue weighted by Crippen LogP contribution is 2.19. The lowest BCUT2D eigenvalue weighted by molar-refractivity contribution is -0.114. The molecule has 0 aliphatic rings. The van der Waals surface area contributed by atoms with Gasteiger partial charge in [0.1, 0.15) is 24.3 Å². The highest BCUT2D eigenvalue weighted by Gasteiger charge is 2.08. The molecule has 5 heteroatoms. The molecular formula is C16H16FNO3. The van der Waals surface area contributed by atoms with Gasteiger partial charge in [-0.2, -0.15) is 0 Å². The predicted molar refractivity (Wildman–Crippen MR) is 77.6 cm³/mol. The Morgan fingerprint density at radius 1 is 1.19 bits per heavy atom. The topological polar surface area (TPSA) is 58.6 Å². The molecule has 0 heterocycles. The molecule has 2 N–H and O–H groups in total. The van der Waals surface area contributed by atoms with Gasteiger partial charge in [0, 0.05) is 12.6 Å². The third-order valence-electron chi connectivity index (χ3n) is 2.84. The molecule has 0 saturated carbocycles. The van der Waals surface area contributed by atoms with Crippen molar-refractivity contribution >= 4 is 11.6 Å². The van der Waals surface area contributed by atoms with Gasteiger partial charge < -0.3 is 15.2 Å². The minimum Gasteiger partial charge on any atom is -0.491 e. The van der Waals surface area contributed by atoms with Crippen LogP contribution in [0.3, 0.4) is 0 Å². The van der Waals surface area contributed by atoms with E-state index in [1.165, 1.54) is 31.2 Å². The fourth-order valence-corrected chi connectivity index (χ4v) is 1.79. The van der Waals surface area contributed by atoms with Crippen molar-refractivity contribution in [3.63, 3.8) is 0 Å². The molecule has 0 aromatic heterocycles. The molecule has 4 nitrogen and oxygen atoms in total. The first-order chi connectivity index (χ1) is 10.0. The number of ether oxygens (including phenoxy) is 1. The molecule has 0 spiro atoms. The second-order valence-electron chi connectivity index (χ2n) is 4.58. The Morgan fingerprint density at radius 3 is 2.38 bits per heavy atom. The van der Waals surface area contributed by atoms with Crippen LogP contribution in [0.5, 0.6) is 5.75 Å². The lowest BCUT2D eigenvalue weighted by Gasteiger charge is -2.13. The summed E-state index contributed by atoms with van der Waals surface area (Å²) >= 11 is 0. The zero-order chi connectivity index (χ0) is 15.2. The Bertz CT molecular complexity index is 596. The molecule has 2 rings (SSSR count). The van der Waals surface area contributed by atoms with Crippen molar-refractivity contribution in [1.82, 2.24) is 0 Å². The Labute approximate surface area is 122 Å². The number of hydrogen-bond acceptors (Lipinski definition) is 3. The second kappa shape index (κ2) is 6.85. The zero-order valence-corrected chi connectivity index (χ0v) is 11.5. The summed E-state index contributed by atoms with van der Waals surface area (Å²) in [6.45, 7) is 1.49. The van der Waals surface area contributed by atoms with E-state index in [9.17, 15) is 14.3 Å². The fraction of sp³-hybridized carbons (Fsp3) is 0.188. The third kappa shape index (κ3) is 4.57. The lowest BCUT2D eigenvalue weighted by Crippen LogP contribution is -2.10. The summed E-state index contributed by atoms with van der Waals surface area (Å²) < 4.78 is 18.2. The van der Waals surface area contributed by atoms with Gasteiger partial charge in [0.2, 0.25) is 5.91 Å². The first kappa shape index (κ1) is 15.0. The van der Waals surface area contributed by atoms with Crippen LogP contribution in [0.2, 0.25) is 0 Å². The number of anilines is 1. The molecule has 1 amide bonds. The number of carbonyl (C=O) groups excluding carboxylic acids is 1. The van der Waals surface area contributed by atoms with E-state index >= 15 is 0 Å². The van der Waals surface area contributed by atoms with Gasteiger partial charge in [0.05, 0.1) is 0 Å². The number of benzene rings is 2. The van der Waals surface area contributed by atoms with Crippen molar-refractivity contribution < 1.29 is 19.0 Å². The summed E-state index contributed by atoms with van der Waals surface area (Å²) in [4.78, 5) is 10.9. The van der Waals surface area contributed by atoms with Crippen molar-refractivity contribution in [3.05, 3.63) is 59.9 Å². The van der Waals surface area contributed by atoms with Crippen LogP contribution in [0.25, 0.3) is 0 Å². The van der Waals surface area contributed by atoms with E-state index in [4.69, 9.17) is 4.74 Å². The quantitative estimate of drug-likeness (QED) is 0.889. The number of aliphatic hydroxyl groups is 1. The maximum atomic E-state index is 12.8. The van der Waals surface area contributed by atoms with Crippen molar-refractivity contribution in [1.29, 1.82) is 0 Å². The van der Waals surface area contributed by atoms with Gasteiger partial charge in [-0.1, -0.05) is 12.1 Å². The van der Waals surface area contributed by atoms with Crippen molar-refractivity contribution in [2.24, 2.45) is 0 Å². The Balaban J connectivity index is 1.90. The molecule has 0 saturated heterocycles. The molecule has 1 atom stereocenters. The van der Waals surface area contributed by atoms with Crippen LogP contribution in [0.15, 0.2) is 48.5 Å². The normalized spacial score (nSPS) is 11.8. The van der Waals surface area contributed by atoms with Crippen LogP contribution in [0, 0.1) is 5.82 Å². The van der Waals surface area contributed by atoms with E-state index in [1.807, 2.05) is 0 Å². The van der Waals surface area contributed by atoms with Gasteiger partial charge in [-0.05, 0) is 42.0 Å². The molecular weight excluding hydrogens is 273 g/mol. The molecule has 0 bridgehead atoms. The average molecular weight is 289 g/mol. The summed E-state index contributed by atoms with van der Waals surface area (Å²) in [5.41, 5.74) is 1.26. The van der Waals surface area contributed by atoms with Crippen LogP contribution in [-0.2, 0) is 4.79 Å². The van der Waals surface area contributed by atoms with Crippen LogP contribution in [0.4, 0.5) is 10.1 Å². The van der Waals surface area contributed by atoms with Crippen LogP contribution < -0.4 is 10.1 Å². The number of nitrogens with one attached hydrogen (secondary N) is 1. The standard InChI is InChI=1S/C16H16FNO3/c1-11(19)18-14-6-8-15(9-7-14)21-10-16(20)12-2-4-13(17)5-3-12/h2-9,16,20H,10H2,1H3,(H,18,19). The molecule has 0 fully saturated rings. The van der Waals surface area contributed by atoms with Crippen molar-refractivity contribution in [3.8, 4) is 5.75 Å². The van der Waals surface area contributed by atoms with E-state index in [1.54, 1.807) is 24.3 Å². The SMILES string of the molecule is CC(=O)Nc1ccc(OCC(O)c2ccc(F)cc2)cc1. The molecule has 0 aliphatic carbocycles. The maximum Gasteiger partial charge on any atom is 0.221 e. The maximum absolute atomic E-state index is 12.8. The average Bonchev–Trinajstić information content (AvgIpc) is 2.46. The Kier molecular flexibility index (Phi) is 4.90. The van der Waals surface area contributed by atoms with Gasteiger partial charge in [-0.3, -0.25) is 4.79 Å². The lowest BCUT2D eigenvalue weighted by atomic mass is 10.1. The van der Waals surface area contributed by atoms with Gasteiger partial charge in [0.15, 0.2) is 0 Å². The van der Waals surface area contributed by atoms with Gasteiger partial charge in [-0.15, -0.1) is 0 Å². The van der Waals surface area contributed by atoms with E-state index in [2.05, 4.69) is 5.32 Å². The van der Waals surface area contributed by atoms with Crippen molar-refractivity contribution in [2.75, 3.05) is 11.9 Å². The van der Waals surface area contributed by atoms with Crippen LogP contribution in [0.1, 0.15) is 18.6 Å². The van der Waals surface area contributed by atoms with E-state index < -0.39 is 6.10 Å².